The van der Waals surface area contributed by atoms with Crippen molar-refractivity contribution in [2.75, 3.05) is 0 Å². The molecule has 0 saturated heterocycles. The average molecular weight is 404 g/mol. The van der Waals surface area contributed by atoms with Crippen molar-refractivity contribution in [2.24, 2.45) is 5.90 Å². The van der Waals surface area contributed by atoms with E-state index in [9.17, 15) is 18.0 Å². The van der Waals surface area contributed by atoms with Gasteiger partial charge in [-0.3, -0.25) is 9.78 Å². The van der Waals surface area contributed by atoms with E-state index >= 15 is 0 Å². The number of halogens is 3. The molecule has 0 spiro atoms. The van der Waals surface area contributed by atoms with E-state index in [1.54, 1.807) is 48.7 Å². The first-order valence-electron chi connectivity index (χ1n) is 8.95. The third kappa shape index (κ3) is 5.23. The molecule has 2 N–H and O–H groups in total. The summed E-state index contributed by atoms with van der Waals surface area (Å²) in [6.07, 6.45) is -2.80. The van der Waals surface area contributed by atoms with Crippen LogP contribution in [0.25, 0.3) is 10.8 Å². The highest BCUT2D eigenvalue weighted by molar-refractivity contribution is 5.89. The Bertz CT molecular complexity index is 978. The average Bonchev–Trinajstić information content (AvgIpc) is 2.72. The lowest BCUT2D eigenvalue weighted by Gasteiger charge is -2.21. The number of aromatic nitrogens is 1. The standard InChI is InChI=1S/C21H19F3N2O3/c22-21(23,24)15-12-14-6-1-2-7-16(14)19(13-15)28-18(9-5-10-20(27)29-25)17-8-3-4-11-26-17/h1-4,6-8,11-13,18H,5,9-10,25H2. The fourth-order valence-electron chi connectivity index (χ4n) is 3.01. The molecule has 0 radical (unpaired) electrons. The van der Waals surface area contributed by atoms with Crippen LogP contribution in [0.3, 0.4) is 0 Å². The maximum Gasteiger partial charge on any atom is 0.416 e. The van der Waals surface area contributed by atoms with Crippen LogP contribution in [0.1, 0.15) is 36.6 Å². The van der Waals surface area contributed by atoms with Gasteiger partial charge in [-0.25, -0.2) is 0 Å². The van der Waals surface area contributed by atoms with Gasteiger partial charge in [0.25, 0.3) is 0 Å². The lowest BCUT2D eigenvalue weighted by Crippen LogP contribution is -2.13. The van der Waals surface area contributed by atoms with E-state index in [0.717, 1.165) is 12.1 Å². The molecule has 1 aromatic heterocycles. The Morgan fingerprint density at radius 1 is 1.10 bits per heavy atom. The molecule has 3 rings (SSSR count). The van der Waals surface area contributed by atoms with Crippen molar-refractivity contribution in [3.8, 4) is 5.75 Å². The molecule has 1 atom stereocenters. The largest absolute Gasteiger partial charge is 0.483 e. The SMILES string of the molecule is NOC(=O)CCCC(Oc1cc(C(F)(F)F)cc2ccccc12)c1ccccn1. The zero-order chi connectivity index (χ0) is 20.9. The van der Waals surface area contributed by atoms with Crippen LogP contribution in [0.15, 0.2) is 60.8 Å². The molecule has 0 bridgehead atoms. The van der Waals surface area contributed by atoms with E-state index in [-0.39, 0.29) is 12.2 Å². The van der Waals surface area contributed by atoms with Crippen molar-refractivity contribution in [1.82, 2.24) is 4.98 Å². The van der Waals surface area contributed by atoms with Gasteiger partial charge in [0.2, 0.25) is 0 Å². The zero-order valence-corrected chi connectivity index (χ0v) is 15.4. The van der Waals surface area contributed by atoms with Gasteiger partial charge in [0.1, 0.15) is 11.9 Å². The summed E-state index contributed by atoms with van der Waals surface area (Å²) < 4.78 is 46.1. The third-order valence-corrected chi connectivity index (χ3v) is 4.42. The Morgan fingerprint density at radius 2 is 1.86 bits per heavy atom. The minimum Gasteiger partial charge on any atom is -0.483 e. The van der Waals surface area contributed by atoms with Gasteiger partial charge in [-0.15, -0.1) is 0 Å². The molecule has 8 heteroatoms. The predicted octanol–water partition coefficient (Wildman–Crippen LogP) is 4.96. The van der Waals surface area contributed by atoms with Gasteiger partial charge in [0, 0.05) is 18.0 Å². The van der Waals surface area contributed by atoms with E-state index < -0.39 is 23.8 Å². The van der Waals surface area contributed by atoms with Crippen molar-refractivity contribution >= 4 is 16.7 Å². The number of pyridine rings is 1. The second-order valence-corrected chi connectivity index (χ2v) is 6.44. The van der Waals surface area contributed by atoms with Crippen LogP contribution in [-0.2, 0) is 15.8 Å². The number of nitrogens with two attached hydrogens (primary N) is 1. The Kier molecular flexibility index (Phi) is 6.33. The van der Waals surface area contributed by atoms with Gasteiger partial charge in [0.05, 0.1) is 11.3 Å². The van der Waals surface area contributed by atoms with Crippen molar-refractivity contribution < 1.29 is 27.5 Å². The van der Waals surface area contributed by atoms with Crippen LogP contribution < -0.4 is 10.6 Å². The topological polar surface area (TPSA) is 74.4 Å². The second-order valence-electron chi connectivity index (χ2n) is 6.44. The second kappa shape index (κ2) is 8.91. The van der Waals surface area contributed by atoms with E-state index in [4.69, 9.17) is 10.6 Å². The normalized spacial score (nSPS) is 12.6. The van der Waals surface area contributed by atoms with Gasteiger partial charge in [-0.05, 0) is 42.5 Å². The fourth-order valence-corrected chi connectivity index (χ4v) is 3.01. The molecule has 152 valence electrons. The molecule has 1 unspecified atom stereocenters. The van der Waals surface area contributed by atoms with Crippen molar-refractivity contribution in [3.05, 3.63) is 72.1 Å². The summed E-state index contributed by atoms with van der Waals surface area (Å²) in [4.78, 5) is 19.7. The van der Waals surface area contributed by atoms with Gasteiger partial charge in [0.15, 0.2) is 0 Å². The third-order valence-electron chi connectivity index (χ3n) is 4.42. The number of carbonyl (C=O) groups is 1. The van der Waals surface area contributed by atoms with E-state index in [2.05, 4.69) is 9.82 Å². The lowest BCUT2D eigenvalue weighted by molar-refractivity contribution is -0.144. The number of hydrogen-bond acceptors (Lipinski definition) is 5. The van der Waals surface area contributed by atoms with Crippen LogP contribution in [0.5, 0.6) is 5.75 Å². The molecular weight excluding hydrogens is 385 g/mol. The van der Waals surface area contributed by atoms with Crippen LogP contribution in [0.2, 0.25) is 0 Å². The minimum atomic E-state index is -4.51. The maximum absolute atomic E-state index is 13.4. The highest BCUT2D eigenvalue weighted by Gasteiger charge is 2.32. The molecule has 0 aliphatic heterocycles. The molecule has 1 heterocycles. The molecule has 0 fully saturated rings. The smallest absolute Gasteiger partial charge is 0.416 e. The number of fused-ring (bicyclic) bond motifs is 1. The fraction of sp³-hybridized carbons (Fsp3) is 0.238. The summed E-state index contributed by atoms with van der Waals surface area (Å²) in [5, 5.41) is 0.978. The van der Waals surface area contributed by atoms with Crippen LogP contribution in [0, 0.1) is 0 Å². The summed E-state index contributed by atoms with van der Waals surface area (Å²) in [5.41, 5.74) is -0.243. The van der Waals surface area contributed by atoms with Gasteiger partial charge < -0.3 is 9.57 Å². The highest BCUT2D eigenvalue weighted by atomic mass is 19.4. The zero-order valence-electron chi connectivity index (χ0n) is 15.4. The number of rotatable bonds is 7. The molecule has 0 amide bonds. The molecule has 3 aromatic rings. The highest BCUT2D eigenvalue weighted by Crippen LogP contribution is 2.38. The maximum atomic E-state index is 13.4. The van der Waals surface area contributed by atoms with Crippen LogP contribution >= 0.6 is 0 Å². The first kappa shape index (κ1) is 20.6. The Morgan fingerprint density at radius 3 is 2.55 bits per heavy atom. The lowest BCUT2D eigenvalue weighted by atomic mass is 10.0. The summed E-state index contributed by atoms with van der Waals surface area (Å²) in [5.74, 6) is 4.37. The minimum absolute atomic E-state index is 0.0620. The molecule has 0 aliphatic carbocycles. The summed E-state index contributed by atoms with van der Waals surface area (Å²) in [6.45, 7) is 0. The summed E-state index contributed by atoms with van der Waals surface area (Å²) in [7, 11) is 0. The summed E-state index contributed by atoms with van der Waals surface area (Å²) >= 11 is 0. The molecule has 2 aromatic carbocycles. The first-order valence-corrected chi connectivity index (χ1v) is 8.95. The summed E-state index contributed by atoms with van der Waals surface area (Å²) in [6, 6.07) is 14.0. The number of alkyl halides is 3. The first-order chi connectivity index (χ1) is 13.9. The van der Waals surface area contributed by atoms with Gasteiger partial charge in [-0.2, -0.15) is 19.1 Å². The number of carbonyl (C=O) groups excluding carboxylic acids is 1. The van der Waals surface area contributed by atoms with Gasteiger partial charge in [-0.1, -0.05) is 30.3 Å². The molecule has 0 saturated carbocycles. The molecule has 0 aliphatic rings. The quantitative estimate of drug-likeness (QED) is 0.564. The van der Waals surface area contributed by atoms with E-state index in [1.165, 1.54) is 0 Å². The number of benzene rings is 2. The molecular formula is C21H19F3N2O3. The number of hydrogen-bond donors (Lipinski definition) is 1. The monoisotopic (exact) mass is 404 g/mol. The Hall–Kier alpha value is -3.13. The predicted molar refractivity (Wildman–Crippen MR) is 101 cm³/mol. The van der Waals surface area contributed by atoms with Crippen LogP contribution in [-0.4, -0.2) is 11.0 Å². The van der Waals surface area contributed by atoms with Crippen molar-refractivity contribution in [1.29, 1.82) is 0 Å². The molecule has 29 heavy (non-hydrogen) atoms. The number of ether oxygens (including phenoxy) is 1. The van der Waals surface area contributed by atoms with Crippen molar-refractivity contribution in [2.45, 2.75) is 31.5 Å². The number of nitrogens with zero attached hydrogens (tertiary/aromatic N) is 1. The Balaban J connectivity index is 1.96. The Labute approximate surface area is 165 Å². The van der Waals surface area contributed by atoms with Gasteiger partial charge >= 0.3 is 12.1 Å². The molecule has 5 nitrogen and oxygen atoms in total. The van der Waals surface area contributed by atoms with E-state index in [1.807, 2.05) is 0 Å². The van der Waals surface area contributed by atoms with Crippen LogP contribution in [0.4, 0.5) is 13.2 Å². The van der Waals surface area contributed by atoms with Crippen molar-refractivity contribution in [3.63, 3.8) is 0 Å². The van der Waals surface area contributed by atoms with E-state index in [0.29, 0.717) is 29.3 Å².